The molecule has 1 amide bonds. The molecule has 184 valence electrons. The van der Waals surface area contributed by atoms with Crippen molar-refractivity contribution < 1.29 is 27.5 Å². The molecule has 0 saturated carbocycles. The number of carbonyl (C=O) groups excluding carboxylic acids is 2. The molecule has 6 nitrogen and oxygen atoms in total. The van der Waals surface area contributed by atoms with Gasteiger partial charge in [0, 0.05) is 31.9 Å². The summed E-state index contributed by atoms with van der Waals surface area (Å²) in [7, 11) is 2.00. The van der Waals surface area contributed by atoms with E-state index in [1.165, 1.54) is 12.1 Å². The predicted octanol–water partition coefficient (Wildman–Crippen LogP) is 4.49. The Morgan fingerprint density at radius 3 is 2.15 bits per heavy atom. The van der Waals surface area contributed by atoms with E-state index in [9.17, 15) is 22.8 Å². The molecule has 0 radical (unpaired) electrons. The fourth-order valence-electron chi connectivity index (χ4n) is 3.70. The number of piperazine rings is 1. The van der Waals surface area contributed by atoms with Gasteiger partial charge in [0.15, 0.2) is 0 Å². The Morgan fingerprint density at radius 2 is 1.59 bits per heavy atom. The second-order valence-electron chi connectivity index (χ2n) is 9.37. The summed E-state index contributed by atoms with van der Waals surface area (Å²) >= 11 is 0. The van der Waals surface area contributed by atoms with Gasteiger partial charge < -0.3 is 14.5 Å². The fraction of sp³-hybridized carbons (Fsp3) is 0.440. The summed E-state index contributed by atoms with van der Waals surface area (Å²) in [6, 6.07) is 13.0. The number of benzene rings is 2. The monoisotopic (exact) mass is 477 g/mol. The van der Waals surface area contributed by atoms with Crippen LogP contribution < -0.4 is 9.80 Å². The molecule has 1 heterocycles. The van der Waals surface area contributed by atoms with Crippen molar-refractivity contribution in [2.24, 2.45) is 0 Å². The third kappa shape index (κ3) is 6.50. The van der Waals surface area contributed by atoms with E-state index in [0.717, 1.165) is 13.1 Å². The van der Waals surface area contributed by atoms with Gasteiger partial charge in [0.1, 0.15) is 5.60 Å². The zero-order valence-electron chi connectivity index (χ0n) is 19.9. The Hall–Kier alpha value is -3.07. The SMILES string of the molecule is CN1CCN(c2ccc(C(=O)OC(C)(C)C)c(N(Cc3ccccc3)C(=O)C(F)(F)F)c2)CC1. The molecule has 0 spiro atoms. The second kappa shape index (κ2) is 10.0. The van der Waals surface area contributed by atoms with Gasteiger partial charge in [0.2, 0.25) is 0 Å². The van der Waals surface area contributed by atoms with E-state index in [1.54, 1.807) is 57.2 Å². The van der Waals surface area contributed by atoms with Crippen LogP contribution in [0.25, 0.3) is 0 Å². The van der Waals surface area contributed by atoms with E-state index in [1.807, 2.05) is 11.9 Å². The maximum absolute atomic E-state index is 13.7. The van der Waals surface area contributed by atoms with Crippen LogP contribution in [-0.4, -0.2) is 61.8 Å². The summed E-state index contributed by atoms with van der Waals surface area (Å²) in [4.78, 5) is 30.4. The minimum absolute atomic E-state index is 0.0960. The van der Waals surface area contributed by atoms with Crippen molar-refractivity contribution in [2.75, 3.05) is 43.0 Å². The Balaban J connectivity index is 2.11. The number of ether oxygens (including phenoxy) is 1. The van der Waals surface area contributed by atoms with Gasteiger partial charge in [-0.25, -0.2) is 4.79 Å². The molecule has 2 aromatic rings. The first-order chi connectivity index (χ1) is 15.8. The maximum atomic E-state index is 13.7. The zero-order valence-corrected chi connectivity index (χ0v) is 19.9. The first-order valence-electron chi connectivity index (χ1n) is 11.1. The summed E-state index contributed by atoms with van der Waals surface area (Å²) < 4.78 is 46.5. The molecule has 0 aromatic heterocycles. The lowest BCUT2D eigenvalue weighted by Gasteiger charge is -2.35. The van der Waals surface area contributed by atoms with Gasteiger partial charge >= 0.3 is 18.1 Å². The number of hydrogen-bond donors (Lipinski definition) is 0. The molecule has 3 rings (SSSR count). The number of alkyl halides is 3. The Morgan fingerprint density at radius 1 is 0.971 bits per heavy atom. The molecule has 1 fully saturated rings. The van der Waals surface area contributed by atoms with Crippen molar-refractivity contribution >= 4 is 23.3 Å². The molecule has 0 bridgehead atoms. The van der Waals surface area contributed by atoms with Crippen LogP contribution >= 0.6 is 0 Å². The highest BCUT2D eigenvalue weighted by Gasteiger charge is 2.44. The molecule has 34 heavy (non-hydrogen) atoms. The van der Waals surface area contributed by atoms with Crippen LogP contribution in [0.5, 0.6) is 0 Å². The smallest absolute Gasteiger partial charge is 0.456 e. The largest absolute Gasteiger partial charge is 0.471 e. The summed E-state index contributed by atoms with van der Waals surface area (Å²) in [5.74, 6) is -2.84. The third-order valence-electron chi connectivity index (χ3n) is 5.43. The lowest BCUT2D eigenvalue weighted by molar-refractivity contribution is -0.170. The molecular weight excluding hydrogens is 447 g/mol. The van der Waals surface area contributed by atoms with Gasteiger partial charge in [-0.1, -0.05) is 30.3 Å². The minimum Gasteiger partial charge on any atom is -0.456 e. The van der Waals surface area contributed by atoms with Gasteiger partial charge in [-0.2, -0.15) is 13.2 Å². The second-order valence-corrected chi connectivity index (χ2v) is 9.37. The third-order valence-corrected chi connectivity index (χ3v) is 5.43. The first-order valence-corrected chi connectivity index (χ1v) is 11.1. The highest BCUT2D eigenvalue weighted by molar-refractivity contribution is 6.05. The van der Waals surface area contributed by atoms with E-state index in [2.05, 4.69) is 4.90 Å². The molecular formula is C25H30F3N3O3. The normalized spacial score (nSPS) is 15.2. The van der Waals surface area contributed by atoms with Gasteiger partial charge in [-0.05, 0) is 51.6 Å². The Kier molecular flexibility index (Phi) is 7.55. The van der Waals surface area contributed by atoms with Crippen LogP contribution in [0.3, 0.4) is 0 Å². The number of esters is 1. The van der Waals surface area contributed by atoms with E-state index < -0.39 is 23.7 Å². The number of hydrogen-bond acceptors (Lipinski definition) is 5. The molecule has 0 aliphatic carbocycles. The molecule has 0 N–H and O–H groups in total. The van der Waals surface area contributed by atoms with Gasteiger partial charge in [0.05, 0.1) is 17.8 Å². The quantitative estimate of drug-likeness (QED) is 0.594. The van der Waals surface area contributed by atoms with Gasteiger partial charge in [-0.15, -0.1) is 0 Å². The van der Waals surface area contributed by atoms with Crippen LogP contribution in [0.4, 0.5) is 24.5 Å². The highest BCUT2D eigenvalue weighted by atomic mass is 19.4. The highest BCUT2D eigenvalue weighted by Crippen LogP contribution is 2.33. The number of carbonyl (C=O) groups is 2. The van der Waals surface area contributed by atoms with E-state index in [0.29, 0.717) is 29.2 Å². The van der Waals surface area contributed by atoms with Crippen LogP contribution in [0.15, 0.2) is 48.5 Å². The standard InChI is InChI=1S/C25H30F3N3O3/c1-24(2,3)34-22(32)20-11-10-19(30-14-12-29(4)13-15-30)16-21(20)31(23(33)25(26,27)28)17-18-8-6-5-7-9-18/h5-11,16H,12-15,17H2,1-4H3. The van der Waals surface area contributed by atoms with Gasteiger partial charge in [-0.3, -0.25) is 9.69 Å². The fourth-order valence-corrected chi connectivity index (χ4v) is 3.70. The molecule has 2 aromatic carbocycles. The van der Waals surface area contributed by atoms with E-state index in [-0.39, 0.29) is 17.8 Å². The number of halogens is 3. The number of amides is 1. The van der Waals surface area contributed by atoms with Gasteiger partial charge in [0.25, 0.3) is 0 Å². The molecule has 1 aliphatic heterocycles. The molecule has 0 atom stereocenters. The molecule has 9 heteroatoms. The lowest BCUT2D eigenvalue weighted by atomic mass is 10.1. The first kappa shape index (κ1) is 25.6. The van der Waals surface area contributed by atoms with Crippen LogP contribution in [0.1, 0.15) is 36.7 Å². The Bertz CT molecular complexity index is 1010. The topological polar surface area (TPSA) is 53.1 Å². The summed E-state index contributed by atoms with van der Waals surface area (Å²) in [6.07, 6.45) is -5.12. The summed E-state index contributed by atoms with van der Waals surface area (Å²) in [6.45, 7) is 7.60. The number of anilines is 2. The zero-order chi connectivity index (χ0) is 25.1. The average Bonchev–Trinajstić information content (AvgIpc) is 2.76. The molecule has 0 unspecified atom stereocenters. The number of nitrogens with zero attached hydrogens (tertiary/aromatic N) is 3. The van der Waals surface area contributed by atoms with Crippen molar-refractivity contribution in [3.05, 3.63) is 59.7 Å². The minimum atomic E-state index is -5.12. The van der Waals surface area contributed by atoms with E-state index in [4.69, 9.17) is 4.74 Å². The van der Waals surface area contributed by atoms with Crippen LogP contribution in [-0.2, 0) is 16.1 Å². The molecule has 1 saturated heterocycles. The predicted molar refractivity (Wildman–Crippen MR) is 125 cm³/mol. The lowest BCUT2D eigenvalue weighted by Crippen LogP contribution is -2.45. The molecule has 1 aliphatic rings. The van der Waals surface area contributed by atoms with Crippen molar-refractivity contribution in [3.8, 4) is 0 Å². The van der Waals surface area contributed by atoms with Crippen LogP contribution in [0, 0.1) is 0 Å². The number of rotatable bonds is 5. The van der Waals surface area contributed by atoms with Crippen molar-refractivity contribution in [2.45, 2.75) is 39.1 Å². The number of likely N-dealkylation sites (N-methyl/N-ethyl adjacent to an activating group) is 1. The summed E-state index contributed by atoms with van der Waals surface area (Å²) in [5, 5.41) is 0. The van der Waals surface area contributed by atoms with Crippen molar-refractivity contribution in [3.63, 3.8) is 0 Å². The van der Waals surface area contributed by atoms with Crippen molar-refractivity contribution in [1.82, 2.24) is 4.90 Å². The Labute approximate surface area is 197 Å². The average molecular weight is 478 g/mol. The van der Waals surface area contributed by atoms with Crippen molar-refractivity contribution in [1.29, 1.82) is 0 Å². The van der Waals surface area contributed by atoms with E-state index >= 15 is 0 Å². The summed E-state index contributed by atoms with van der Waals surface area (Å²) in [5.41, 5.74) is 0.0600. The maximum Gasteiger partial charge on any atom is 0.471 e. The van der Waals surface area contributed by atoms with Crippen LogP contribution in [0.2, 0.25) is 0 Å².